The van der Waals surface area contributed by atoms with Crippen molar-refractivity contribution in [2.45, 2.75) is 10.3 Å². The van der Waals surface area contributed by atoms with Crippen LogP contribution in [0.15, 0.2) is 47.4 Å². The average Bonchev–Trinajstić information content (AvgIpc) is 2.37. The van der Waals surface area contributed by atoms with Gasteiger partial charge in [0.2, 0.25) is 0 Å². The van der Waals surface area contributed by atoms with Gasteiger partial charge in [0.05, 0.1) is 10.8 Å². The molecule has 17 heavy (non-hydrogen) atoms. The van der Waals surface area contributed by atoms with E-state index in [1.54, 1.807) is 7.11 Å². The van der Waals surface area contributed by atoms with Crippen molar-refractivity contribution in [1.82, 2.24) is 0 Å². The highest BCUT2D eigenvalue weighted by atomic mass is 32.2. The lowest BCUT2D eigenvalue weighted by Gasteiger charge is -2.18. The Labute approximate surface area is 102 Å². The third-order valence-corrected chi connectivity index (χ3v) is 4.53. The Morgan fingerprint density at radius 2 is 1.88 bits per heavy atom. The van der Waals surface area contributed by atoms with E-state index >= 15 is 0 Å². The zero-order valence-electron chi connectivity index (χ0n) is 9.42. The van der Waals surface area contributed by atoms with E-state index in [1.165, 1.54) is 5.39 Å². The summed E-state index contributed by atoms with van der Waals surface area (Å²) in [6, 6.07) is 12.2. The van der Waals surface area contributed by atoms with Gasteiger partial charge in [-0.15, -0.1) is 0 Å². The van der Waals surface area contributed by atoms with Crippen LogP contribution in [-0.4, -0.2) is 16.8 Å². The summed E-state index contributed by atoms with van der Waals surface area (Å²) in [6.07, 6.45) is 3.84. The van der Waals surface area contributed by atoms with E-state index < -0.39 is 10.8 Å². The van der Waals surface area contributed by atoms with Crippen molar-refractivity contribution >= 4 is 27.6 Å². The topological polar surface area (TPSA) is 26.3 Å². The van der Waals surface area contributed by atoms with Crippen LogP contribution in [0.2, 0.25) is 0 Å². The van der Waals surface area contributed by atoms with Gasteiger partial charge in [0.15, 0.2) is 5.44 Å². The molecule has 1 heterocycles. The summed E-state index contributed by atoms with van der Waals surface area (Å²) < 4.78 is 17.4. The molecule has 1 aliphatic heterocycles. The maximum atomic E-state index is 12.2. The minimum Gasteiger partial charge on any atom is -0.364 e. The highest BCUT2D eigenvalue weighted by Crippen LogP contribution is 2.29. The maximum absolute atomic E-state index is 12.2. The zero-order valence-corrected chi connectivity index (χ0v) is 10.2. The number of benzene rings is 2. The van der Waals surface area contributed by atoms with Gasteiger partial charge in [-0.25, -0.2) is 0 Å². The molecule has 0 radical (unpaired) electrons. The Bertz CT molecular complexity index is 631. The quantitative estimate of drug-likeness (QED) is 0.771. The third-order valence-electron chi connectivity index (χ3n) is 2.97. The van der Waals surface area contributed by atoms with Crippen molar-refractivity contribution < 1.29 is 8.95 Å². The van der Waals surface area contributed by atoms with E-state index in [2.05, 4.69) is 12.1 Å². The van der Waals surface area contributed by atoms with Gasteiger partial charge in [-0.1, -0.05) is 30.3 Å². The highest BCUT2D eigenvalue weighted by molar-refractivity contribution is 7.85. The Morgan fingerprint density at radius 3 is 2.59 bits per heavy atom. The molecule has 2 nitrogen and oxygen atoms in total. The summed E-state index contributed by atoms with van der Waals surface area (Å²) in [7, 11) is 0.464. The summed E-state index contributed by atoms with van der Waals surface area (Å²) in [5, 5.41) is 2.29. The molecule has 86 valence electrons. The lowest BCUT2D eigenvalue weighted by Crippen LogP contribution is -2.18. The van der Waals surface area contributed by atoms with Crippen LogP contribution in [0.25, 0.3) is 16.8 Å². The van der Waals surface area contributed by atoms with Crippen LogP contribution in [0.1, 0.15) is 5.56 Å². The Morgan fingerprint density at radius 1 is 1.18 bits per heavy atom. The van der Waals surface area contributed by atoms with E-state index in [0.29, 0.717) is 0 Å². The fourth-order valence-corrected chi connectivity index (χ4v) is 3.33. The fraction of sp³-hybridized carbons (Fsp3) is 0.143. The van der Waals surface area contributed by atoms with Crippen molar-refractivity contribution in [2.24, 2.45) is 0 Å². The Kier molecular flexibility index (Phi) is 2.57. The van der Waals surface area contributed by atoms with Crippen molar-refractivity contribution in [2.75, 3.05) is 7.11 Å². The molecule has 2 aromatic carbocycles. The first-order valence-electron chi connectivity index (χ1n) is 5.44. The van der Waals surface area contributed by atoms with Crippen LogP contribution in [0.5, 0.6) is 0 Å². The molecule has 0 aromatic heterocycles. The number of rotatable bonds is 1. The molecule has 2 unspecified atom stereocenters. The van der Waals surface area contributed by atoms with Crippen molar-refractivity contribution in [3.8, 4) is 0 Å². The average molecular weight is 244 g/mol. The summed E-state index contributed by atoms with van der Waals surface area (Å²) in [5.74, 6) is 0. The molecule has 2 aromatic rings. The molecular formula is C14H12O2S. The van der Waals surface area contributed by atoms with Gasteiger partial charge >= 0.3 is 0 Å². The van der Waals surface area contributed by atoms with E-state index in [0.717, 1.165) is 15.8 Å². The molecule has 0 spiro atoms. The largest absolute Gasteiger partial charge is 0.364 e. The van der Waals surface area contributed by atoms with Gasteiger partial charge in [0, 0.05) is 12.0 Å². The van der Waals surface area contributed by atoms with Crippen LogP contribution in [0.4, 0.5) is 0 Å². The number of fused-ring (bicyclic) bond motifs is 2. The normalized spacial score (nSPS) is 22.6. The molecule has 3 rings (SSSR count). The standard InChI is InChI=1S/C14H12O2S/c1-16-14-7-6-12-8-10-4-2-3-5-11(10)9-13(12)17(14)15/h2-9,14H,1H3. The molecule has 3 heteroatoms. The van der Waals surface area contributed by atoms with Crippen LogP contribution in [0, 0.1) is 0 Å². The number of ether oxygens (including phenoxy) is 1. The number of methoxy groups -OCH3 is 1. The molecule has 2 atom stereocenters. The van der Waals surface area contributed by atoms with Crippen LogP contribution in [0.3, 0.4) is 0 Å². The first-order chi connectivity index (χ1) is 8.29. The second-order valence-corrected chi connectivity index (χ2v) is 5.50. The van der Waals surface area contributed by atoms with Crippen LogP contribution in [-0.2, 0) is 15.5 Å². The van der Waals surface area contributed by atoms with Gasteiger partial charge in [-0.3, -0.25) is 4.21 Å². The highest BCUT2D eigenvalue weighted by Gasteiger charge is 2.21. The molecular weight excluding hydrogens is 232 g/mol. The van der Waals surface area contributed by atoms with E-state index in [-0.39, 0.29) is 5.44 Å². The van der Waals surface area contributed by atoms with Gasteiger partial charge in [0.1, 0.15) is 0 Å². The third kappa shape index (κ3) is 1.72. The molecule has 0 saturated carbocycles. The zero-order chi connectivity index (χ0) is 11.8. The maximum Gasteiger partial charge on any atom is 0.155 e. The second-order valence-electron chi connectivity index (χ2n) is 4.00. The SMILES string of the molecule is COC1C=Cc2cc3ccccc3cc2S1=O. The van der Waals surface area contributed by atoms with Gasteiger partial charge < -0.3 is 4.74 Å². The van der Waals surface area contributed by atoms with Crippen molar-refractivity contribution in [3.63, 3.8) is 0 Å². The van der Waals surface area contributed by atoms with E-state index in [1.807, 2.05) is 36.4 Å². The van der Waals surface area contributed by atoms with E-state index in [9.17, 15) is 4.21 Å². The lowest BCUT2D eigenvalue weighted by molar-refractivity contribution is 0.203. The molecule has 0 N–H and O–H groups in total. The summed E-state index contributed by atoms with van der Waals surface area (Å²) >= 11 is 0. The predicted octanol–water partition coefficient (Wildman–Crippen LogP) is 2.95. The Balaban J connectivity index is 2.24. The monoisotopic (exact) mass is 244 g/mol. The smallest absolute Gasteiger partial charge is 0.155 e. The van der Waals surface area contributed by atoms with Gasteiger partial charge in [0.25, 0.3) is 0 Å². The second kappa shape index (κ2) is 4.09. The molecule has 0 aliphatic carbocycles. The van der Waals surface area contributed by atoms with Crippen LogP contribution >= 0.6 is 0 Å². The summed E-state index contributed by atoms with van der Waals surface area (Å²) in [4.78, 5) is 0.859. The number of hydrogen-bond donors (Lipinski definition) is 0. The van der Waals surface area contributed by atoms with Gasteiger partial charge in [-0.2, -0.15) is 0 Å². The van der Waals surface area contributed by atoms with E-state index in [4.69, 9.17) is 4.74 Å². The van der Waals surface area contributed by atoms with Crippen LogP contribution < -0.4 is 0 Å². The van der Waals surface area contributed by atoms with Crippen molar-refractivity contribution in [3.05, 3.63) is 48.0 Å². The minimum atomic E-state index is -1.12. The molecule has 0 saturated heterocycles. The predicted molar refractivity (Wildman–Crippen MR) is 70.2 cm³/mol. The van der Waals surface area contributed by atoms with Crippen molar-refractivity contribution in [1.29, 1.82) is 0 Å². The molecule has 1 aliphatic rings. The Hall–Kier alpha value is -1.45. The fourth-order valence-electron chi connectivity index (χ4n) is 2.09. The molecule has 0 amide bonds. The molecule has 0 fully saturated rings. The first-order valence-corrected chi connectivity index (χ1v) is 6.65. The summed E-state index contributed by atoms with van der Waals surface area (Å²) in [5.41, 5.74) is 0.694. The number of hydrogen-bond acceptors (Lipinski definition) is 2. The lowest BCUT2D eigenvalue weighted by atomic mass is 10.1. The van der Waals surface area contributed by atoms with Gasteiger partial charge in [-0.05, 0) is 34.5 Å². The molecule has 0 bridgehead atoms. The first kappa shape index (κ1) is 10.7. The minimum absolute atomic E-state index is 0.330. The summed E-state index contributed by atoms with van der Waals surface area (Å²) in [6.45, 7) is 0.